The maximum atomic E-state index is 5.62. The number of ether oxygens (including phenoxy) is 2. The second kappa shape index (κ2) is 7.46. The highest BCUT2D eigenvalue weighted by atomic mass is 28.4. The van der Waals surface area contributed by atoms with Crippen LogP contribution in [0.1, 0.15) is 13.8 Å². The highest BCUT2D eigenvalue weighted by Crippen LogP contribution is 2.08. The average Bonchev–Trinajstić information content (AvgIpc) is 2.06. The van der Waals surface area contributed by atoms with E-state index in [1.165, 1.54) is 0 Å². The molecule has 0 aliphatic carbocycles. The Balaban J connectivity index is 4.19. The summed E-state index contributed by atoms with van der Waals surface area (Å²) >= 11 is 0. The zero-order chi connectivity index (χ0) is 10.2. The van der Waals surface area contributed by atoms with Crippen molar-refractivity contribution in [3.63, 3.8) is 0 Å². The summed E-state index contributed by atoms with van der Waals surface area (Å²) in [6.07, 6.45) is 1.03. The van der Waals surface area contributed by atoms with Gasteiger partial charge in [-0.25, -0.2) is 0 Å². The van der Waals surface area contributed by atoms with Crippen LogP contribution in [0.4, 0.5) is 0 Å². The van der Waals surface area contributed by atoms with E-state index in [-0.39, 0.29) is 0 Å². The number of methoxy groups -OCH3 is 2. The Kier molecular flexibility index (Phi) is 7.49. The minimum Gasteiger partial charge on any atom is -0.392 e. The Morgan fingerprint density at radius 2 is 1.23 bits per heavy atom. The molecule has 0 bridgehead atoms. The third-order valence-electron chi connectivity index (χ3n) is 1.54. The van der Waals surface area contributed by atoms with Gasteiger partial charge in [0.25, 0.3) is 0 Å². The van der Waals surface area contributed by atoms with Crippen LogP contribution in [0.25, 0.3) is 0 Å². The molecule has 0 saturated carbocycles. The van der Waals surface area contributed by atoms with Crippen LogP contribution in [0.5, 0.6) is 0 Å². The van der Waals surface area contributed by atoms with Gasteiger partial charge in [-0.1, -0.05) is 0 Å². The average molecular weight is 208 g/mol. The molecule has 5 heteroatoms. The van der Waals surface area contributed by atoms with Gasteiger partial charge in [-0.2, -0.15) is 0 Å². The van der Waals surface area contributed by atoms with Crippen LogP contribution in [0, 0.1) is 0 Å². The van der Waals surface area contributed by atoms with E-state index in [0.29, 0.717) is 25.7 Å². The molecule has 0 spiro atoms. The van der Waals surface area contributed by atoms with Crippen LogP contribution < -0.4 is 0 Å². The fourth-order valence-corrected chi connectivity index (χ4v) is 3.65. The van der Waals surface area contributed by atoms with E-state index in [9.17, 15) is 0 Å². The molecule has 4 nitrogen and oxygen atoms in total. The van der Waals surface area contributed by atoms with Gasteiger partial charge < -0.3 is 18.3 Å². The number of rotatable bonds is 8. The lowest BCUT2D eigenvalue weighted by Gasteiger charge is -2.28. The van der Waals surface area contributed by atoms with E-state index in [2.05, 4.69) is 0 Å². The van der Waals surface area contributed by atoms with Crippen molar-refractivity contribution in [1.82, 2.24) is 0 Å². The lowest BCUT2D eigenvalue weighted by Crippen LogP contribution is -2.52. The molecule has 0 unspecified atom stereocenters. The quantitative estimate of drug-likeness (QED) is 0.555. The second-order valence-electron chi connectivity index (χ2n) is 2.64. The minimum absolute atomic E-state index is 0.516. The topological polar surface area (TPSA) is 36.9 Å². The van der Waals surface area contributed by atoms with E-state index in [0.717, 1.165) is 0 Å². The van der Waals surface area contributed by atoms with Crippen LogP contribution in [-0.2, 0) is 18.3 Å². The standard InChI is InChI=1S/C8H20O4Si/c1-5-11-13(7-9-3,8-10-4)12-6-2/h5-8H2,1-4H3. The van der Waals surface area contributed by atoms with E-state index >= 15 is 0 Å². The normalized spacial score (nSPS) is 12.0. The molecule has 0 saturated heterocycles. The summed E-state index contributed by atoms with van der Waals surface area (Å²) < 4.78 is 21.4. The zero-order valence-corrected chi connectivity index (χ0v) is 9.96. The number of hydrogen-bond acceptors (Lipinski definition) is 4. The smallest absolute Gasteiger partial charge is 0.391 e. The van der Waals surface area contributed by atoms with Crippen LogP contribution in [-0.4, -0.2) is 48.5 Å². The minimum atomic E-state index is -2.24. The van der Waals surface area contributed by atoms with Crippen LogP contribution in [0.3, 0.4) is 0 Å². The van der Waals surface area contributed by atoms with E-state index < -0.39 is 8.56 Å². The lowest BCUT2D eigenvalue weighted by atomic mass is 10.9. The summed E-state index contributed by atoms with van der Waals surface area (Å²) in [4.78, 5) is 0. The van der Waals surface area contributed by atoms with E-state index in [1.54, 1.807) is 14.2 Å². The van der Waals surface area contributed by atoms with Crippen molar-refractivity contribution < 1.29 is 18.3 Å². The fourth-order valence-electron chi connectivity index (χ4n) is 1.22. The largest absolute Gasteiger partial charge is 0.392 e. The van der Waals surface area contributed by atoms with Crippen LogP contribution >= 0.6 is 0 Å². The van der Waals surface area contributed by atoms with Gasteiger partial charge in [0.1, 0.15) is 0 Å². The van der Waals surface area contributed by atoms with E-state index in [1.807, 2.05) is 13.8 Å². The molecule has 0 aliphatic heterocycles. The lowest BCUT2D eigenvalue weighted by molar-refractivity contribution is 0.0981. The molecule has 0 fully saturated rings. The second-order valence-corrected chi connectivity index (χ2v) is 5.62. The summed E-state index contributed by atoms with van der Waals surface area (Å²) in [5.41, 5.74) is 0. The van der Waals surface area contributed by atoms with Crippen molar-refractivity contribution >= 4 is 8.56 Å². The Labute approximate surface area is 81.4 Å². The summed E-state index contributed by atoms with van der Waals surface area (Å²) in [6.45, 7) is 5.18. The molecular weight excluding hydrogens is 188 g/mol. The van der Waals surface area contributed by atoms with Crippen molar-refractivity contribution in [2.24, 2.45) is 0 Å². The Hall–Kier alpha value is 0.0569. The molecule has 0 aromatic heterocycles. The zero-order valence-electron chi connectivity index (χ0n) is 8.96. The Morgan fingerprint density at radius 1 is 0.846 bits per heavy atom. The third-order valence-corrected chi connectivity index (χ3v) is 4.63. The maximum absolute atomic E-state index is 5.62. The molecule has 80 valence electrons. The molecule has 0 atom stereocenters. The summed E-state index contributed by atoms with van der Waals surface area (Å²) in [7, 11) is 1.06. The molecule has 0 radical (unpaired) electrons. The molecule has 0 aliphatic rings. The van der Waals surface area contributed by atoms with Gasteiger partial charge >= 0.3 is 8.56 Å². The van der Waals surface area contributed by atoms with Crippen molar-refractivity contribution in [3.05, 3.63) is 0 Å². The van der Waals surface area contributed by atoms with Crippen molar-refractivity contribution in [3.8, 4) is 0 Å². The summed E-state index contributed by atoms with van der Waals surface area (Å²) in [6, 6.07) is 0. The fraction of sp³-hybridized carbons (Fsp3) is 1.00. The van der Waals surface area contributed by atoms with Gasteiger partial charge in [0, 0.05) is 27.4 Å². The van der Waals surface area contributed by atoms with E-state index in [4.69, 9.17) is 18.3 Å². The summed E-state index contributed by atoms with van der Waals surface area (Å²) in [5, 5.41) is 0. The number of hydrogen-bond donors (Lipinski definition) is 0. The predicted octanol–water partition coefficient (Wildman–Crippen LogP) is 0.873. The first kappa shape index (κ1) is 13.1. The molecule has 0 amide bonds. The highest BCUT2D eigenvalue weighted by Gasteiger charge is 2.37. The first-order valence-corrected chi connectivity index (χ1v) is 6.73. The molecule has 0 aromatic rings. The predicted molar refractivity (Wildman–Crippen MR) is 52.8 cm³/mol. The molecular formula is C8H20O4Si. The van der Waals surface area contributed by atoms with Gasteiger partial charge in [-0.3, -0.25) is 0 Å². The van der Waals surface area contributed by atoms with Gasteiger partial charge in [0.15, 0.2) is 0 Å². The third kappa shape index (κ3) is 4.73. The summed E-state index contributed by atoms with van der Waals surface area (Å²) in [5.74, 6) is 0. The molecule has 0 rings (SSSR count). The van der Waals surface area contributed by atoms with Crippen molar-refractivity contribution in [1.29, 1.82) is 0 Å². The molecule has 0 aromatic carbocycles. The van der Waals surface area contributed by atoms with Gasteiger partial charge in [0.2, 0.25) is 0 Å². The molecule has 0 heterocycles. The molecule has 13 heavy (non-hydrogen) atoms. The Morgan fingerprint density at radius 3 is 1.46 bits per heavy atom. The van der Waals surface area contributed by atoms with Crippen molar-refractivity contribution in [2.45, 2.75) is 13.8 Å². The van der Waals surface area contributed by atoms with Crippen LogP contribution in [0.15, 0.2) is 0 Å². The van der Waals surface area contributed by atoms with Gasteiger partial charge in [0.05, 0.1) is 12.5 Å². The van der Waals surface area contributed by atoms with Crippen LogP contribution in [0.2, 0.25) is 0 Å². The molecule has 0 N–H and O–H groups in total. The first-order valence-electron chi connectivity index (χ1n) is 4.50. The van der Waals surface area contributed by atoms with Crippen molar-refractivity contribution in [2.75, 3.05) is 39.9 Å². The van der Waals surface area contributed by atoms with Gasteiger partial charge in [-0.05, 0) is 13.8 Å². The van der Waals surface area contributed by atoms with Gasteiger partial charge in [-0.15, -0.1) is 0 Å². The first-order chi connectivity index (χ1) is 6.24. The maximum Gasteiger partial charge on any atom is 0.391 e. The SMILES string of the molecule is CCO[Si](COC)(COC)OCC. The Bertz CT molecular complexity index is 91.2. The highest BCUT2D eigenvalue weighted by molar-refractivity contribution is 6.67. The monoisotopic (exact) mass is 208 g/mol.